The minimum Gasteiger partial charge on any atom is -0.300 e. The monoisotopic (exact) mass is 222 g/mol. The molecule has 0 saturated carbocycles. The molecule has 0 aliphatic heterocycles. The average molecular weight is 222 g/mol. The Morgan fingerprint density at radius 2 is 1.81 bits per heavy atom. The third kappa shape index (κ3) is 12.3. The molecule has 0 aliphatic rings. The van der Waals surface area contributed by atoms with Crippen LogP contribution in [0.25, 0.3) is 0 Å². The molecule has 1 atom stereocenters. The smallest absolute Gasteiger partial charge is 0.146 e. The summed E-state index contributed by atoms with van der Waals surface area (Å²) in [5.41, 5.74) is 0. The van der Waals surface area contributed by atoms with E-state index < -0.39 is 0 Å². The molecule has 0 amide bonds. The van der Waals surface area contributed by atoms with E-state index in [1.54, 1.807) is 0 Å². The molecule has 4 nitrogen and oxygen atoms in total. The van der Waals surface area contributed by atoms with E-state index in [4.69, 9.17) is 10.5 Å². The molecule has 0 N–H and O–H groups in total. The number of Topliss-reactive ketones (excluding diaryl/α,β-unsaturated/α-hetero) is 2. The highest BCUT2D eigenvalue weighted by Gasteiger charge is 2.07. The maximum atomic E-state index is 10.4. The van der Waals surface area contributed by atoms with E-state index in [0.29, 0.717) is 25.7 Å². The molecule has 0 aliphatic carbocycles. The molecule has 0 fully saturated rings. The minimum absolute atomic E-state index is 0.0324. The lowest BCUT2D eigenvalue weighted by atomic mass is 10.1. The molecule has 0 heterocycles. The van der Waals surface area contributed by atoms with E-state index in [9.17, 15) is 9.59 Å². The molecule has 88 valence electrons. The van der Waals surface area contributed by atoms with E-state index in [2.05, 4.69) is 0 Å². The van der Waals surface area contributed by atoms with Crippen LogP contribution in [-0.2, 0) is 9.59 Å². The summed E-state index contributed by atoms with van der Waals surface area (Å²) in [6.07, 6.45) is 2.39. The number of rotatable bonds is 5. The van der Waals surface area contributed by atoms with Gasteiger partial charge in [0.05, 0.1) is 12.1 Å². The first-order valence-corrected chi connectivity index (χ1v) is 5.26. The zero-order valence-corrected chi connectivity index (χ0v) is 10.1. The summed E-state index contributed by atoms with van der Waals surface area (Å²) in [6, 6.07) is 3.87. The van der Waals surface area contributed by atoms with Crippen molar-refractivity contribution in [3.8, 4) is 12.1 Å². The number of hydrogen-bond acceptors (Lipinski definition) is 4. The van der Waals surface area contributed by atoms with Gasteiger partial charge in [0.1, 0.15) is 17.5 Å². The second-order valence-corrected chi connectivity index (χ2v) is 3.41. The molecular weight excluding hydrogens is 204 g/mol. The van der Waals surface area contributed by atoms with Gasteiger partial charge in [-0.15, -0.1) is 0 Å². The first-order valence-electron chi connectivity index (χ1n) is 5.26. The topological polar surface area (TPSA) is 81.7 Å². The molecule has 16 heavy (non-hydrogen) atoms. The van der Waals surface area contributed by atoms with Gasteiger partial charge in [0.2, 0.25) is 0 Å². The van der Waals surface area contributed by atoms with Crippen LogP contribution in [0.1, 0.15) is 46.5 Å². The Balaban J connectivity index is 0. The Hall–Kier alpha value is -1.68. The highest BCUT2D eigenvalue weighted by molar-refractivity contribution is 5.80. The van der Waals surface area contributed by atoms with Crippen molar-refractivity contribution in [3.63, 3.8) is 0 Å². The maximum Gasteiger partial charge on any atom is 0.146 e. The minimum atomic E-state index is -0.380. The Morgan fingerprint density at radius 3 is 2.00 bits per heavy atom. The van der Waals surface area contributed by atoms with E-state index in [1.165, 1.54) is 13.8 Å². The van der Waals surface area contributed by atoms with Crippen LogP contribution in [0.5, 0.6) is 0 Å². The first kappa shape index (κ1) is 16.7. The van der Waals surface area contributed by atoms with Crippen LogP contribution in [0.3, 0.4) is 0 Å². The Kier molecular flexibility index (Phi) is 11.9. The van der Waals surface area contributed by atoms with Gasteiger partial charge in [-0.05, 0) is 26.7 Å². The van der Waals surface area contributed by atoms with Crippen molar-refractivity contribution in [2.24, 2.45) is 5.92 Å². The molecule has 0 aromatic rings. The van der Waals surface area contributed by atoms with Crippen LogP contribution in [0.2, 0.25) is 0 Å². The lowest BCUT2D eigenvalue weighted by Gasteiger charge is -1.95. The molecule has 0 bridgehead atoms. The lowest BCUT2D eigenvalue weighted by Crippen LogP contribution is -2.05. The summed E-state index contributed by atoms with van der Waals surface area (Å²) in [6.45, 7) is 4.81. The molecule has 0 aromatic heterocycles. The van der Waals surface area contributed by atoms with Crippen LogP contribution in [0.4, 0.5) is 0 Å². The fraction of sp³-hybridized carbons (Fsp3) is 0.667. The van der Waals surface area contributed by atoms with Crippen molar-refractivity contribution in [1.82, 2.24) is 0 Å². The van der Waals surface area contributed by atoms with E-state index in [1.807, 2.05) is 19.1 Å². The summed E-state index contributed by atoms with van der Waals surface area (Å²) >= 11 is 0. The molecular formula is C12H18N2O2. The van der Waals surface area contributed by atoms with Gasteiger partial charge >= 0.3 is 0 Å². The number of carbonyl (C=O) groups is 2. The van der Waals surface area contributed by atoms with Crippen molar-refractivity contribution in [2.75, 3.05) is 0 Å². The van der Waals surface area contributed by atoms with Crippen LogP contribution < -0.4 is 0 Å². The van der Waals surface area contributed by atoms with Gasteiger partial charge in [0.15, 0.2) is 0 Å². The lowest BCUT2D eigenvalue weighted by molar-refractivity contribution is -0.119. The van der Waals surface area contributed by atoms with Crippen LogP contribution in [0, 0.1) is 28.6 Å². The zero-order valence-electron chi connectivity index (χ0n) is 10.1. The van der Waals surface area contributed by atoms with Gasteiger partial charge in [0.25, 0.3) is 0 Å². The fourth-order valence-corrected chi connectivity index (χ4v) is 0.886. The van der Waals surface area contributed by atoms with Crippen LogP contribution in [-0.4, -0.2) is 11.6 Å². The summed E-state index contributed by atoms with van der Waals surface area (Å²) in [5.74, 6) is -0.245. The Morgan fingerprint density at radius 1 is 1.25 bits per heavy atom. The third-order valence-electron chi connectivity index (χ3n) is 1.87. The third-order valence-corrected chi connectivity index (χ3v) is 1.87. The molecule has 1 unspecified atom stereocenters. The van der Waals surface area contributed by atoms with E-state index in [-0.39, 0.29) is 17.5 Å². The first-order chi connectivity index (χ1) is 7.49. The maximum absolute atomic E-state index is 10.4. The number of nitriles is 2. The van der Waals surface area contributed by atoms with Crippen molar-refractivity contribution in [1.29, 1.82) is 10.5 Å². The van der Waals surface area contributed by atoms with Gasteiger partial charge in [-0.3, -0.25) is 4.79 Å². The van der Waals surface area contributed by atoms with Gasteiger partial charge in [-0.25, -0.2) is 0 Å². The number of carbonyl (C=O) groups excluding carboxylic acids is 2. The van der Waals surface area contributed by atoms with Crippen LogP contribution in [0.15, 0.2) is 0 Å². The average Bonchev–Trinajstić information content (AvgIpc) is 2.20. The molecule has 0 radical (unpaired) electrons. The molecule has 0 rings (SSSR count). The predicted molar refractivity (Wildman–Crippen MR) is 60.2 cm³/mol. The quantitative estimate of drug-likeness (QED) is 0.669. The van der Waals surface area contributed by atoms with Gasteiger partial charge in [-0.2, -0.15) is 10.5 Å². The second-order valence-electron chi connectivity index (χ2n) is 3.41. The van der Waals surface area contributed by atoms with Crippen molar-refractivity contribution < 1.29 is 9.59 Å². The Bertz CT molecular complexity index is 297. The largest absolute Gasteiger partial charge is 0.300 e. The Labute approximate surface area is 96.9 Å². The van der Waals surface area contributed by atoms with Crippen molar-refractivity contribution >= 4 is 11.6 Å². The predicted octanol–water partition coefficient (Wildman–Crippen LogP) is 2.39. The van der Waals surface area contributed by atoms with Gasteiger partial charge in [-0.1, -0.05) is 6.92 Å². The highest BCUT2D eigenvalue weighted by Crippen LogP contribution is 1.99. The summed E-state index contributed by atoms with van der Waals surface area (Å²) in [7, 11) is 0. The number of nitrogens with zero attached hydrogens (tertiary/aromatic N) is 2. The van der Waals surface area contributed by atoms with Crippen LogP contribution >= 0.6 is 0 Å². The molecule has 0 spiro atoms. The summed E-state index contributed by atoms with van der Waals surface area (Å²) < 4.78 is 0. The van der Waals surface area contributed by atoms with Crippen molar-refractivity contribution in [3.05, 3.63) is 0 Å². The standard InChI is InChI=1S/2C6H9NO/c1-6(8)4-2-3-5-7;1-3-6(4-7)5(2)8/h2-4H2,1H3;6H,3H2,1-2H3. The molecule has 4 heteroatoms. The number of hydrogen-bond donors (Lipinski definition) is 0. The zero-order chi connectivity index (χ0) is 13.0. The van der Waals surface area contributed by atoms with Gasteiger partial charge < -0.3 is 4.79 Å². The molecule has 0 saturated heterocycles. The normalized spacial score (nSPS) is 10.1. The highest BCUT2D eigenvalue weighted by atomic mass is 16.1. The molecule has 0 aromatic carbocycles. The van der Waals surface area contributed by atoms with Crippen molar-refractivity contribution in [2.45, 2.75) is 46.5 Å². The number of ketones is 2. The van der Waals surface area contributed by atoms with Gasteiger partial charge in [0, 0.05) is 12.8 Å². The van der Waals surface area contributed by atoms with E-state index >= 15 is 0 Å². The summed E-state index contributed by atoms with van der Waals surface area (Å²) in [4.78, 5) is 20.6. The summed E-state index contributed by atoms with van der Waals surface area (Å²) in [5, 5.41) is 16.2. The second kappa shape index (κ2) is 11.4. The SMILES string of the molecule is CC(=O)CCCC#N.CCC(C#N)C(C)=O. The fourth-order valence-electron chi connectivity index (χ4n) is 0.886. The van der Waals surface area contributed by atoms with E-state index in [0.717, 1.165) is 0 Å². The number of unbranched alkanes of at least 4 members (excludes halogenated alkanes) is 1.